The summed E-state index contributed by atoms with van der Waals surface area (Å²) in [6, 6.07) is 0. The summed E-state index contributed by atoms with van der Waals surface area (Å²) >= 11 is 0. The Bertz CT molecular complexity index is 84.1. The maximum Gasteiger partial charge on any atom is 0.116 e. The number of hydrogen-bond donors (Lipinski definition) is 0. The first kappa shape index (κ1) is 6.78. The van der Waals surface area contributed by atoms with Crippen molar-refractivity contribution in [2.75, 3.05) is 0 Å². The molecule has 0 amide bonds. The lowest BCUT2D eigenvalue weighted by Gasteiger charge is -1.80. The maximum absolute atomic E-state index is 3.18. The molecule has 0 aliphatic heterocycles. The zero-order valence-electron chi connectivity index (χ0n) is 5.28. The normalized spacial score (nSPS) is 8.00. The highest BCUT2D eigenvalue weighted by Crippen LogP contribution is 1.74. The highest BCUT2D eigenvalue weighted by atomic mass is 28.3. The molecule has 0 spiro atoms. The van der Waals surface area contributed by atoms with Gasteiger partial charge in [0.05, 0.1) is 0 Å². The van der Waals surface area contributed by atoms with Crippen LogP contribution >= 0.6 is 0 Å². The van der Waals surface area contributed by atoms with Gasteiger partial charge in [0.1, 0.15) is 8.80 Å². The highest BCUT2D eigenvalue weighted by Gasteiger charge is 1.80. The van der Waals surface area contributed by atoms with E-state index in [-0.39, 0.29) is 0 Å². The Hall–Kier alpha value is -0.223. The lowest BCUT2D eigenvalue weighted by molar-refractivity contribution is 1.28. The van der Waals surface area contributed by atoms with E-state index in [0.717, 1.165) is 6.42 Å². The molecule has 0 aromatic heterocycles. The maximum atomic E-state index is 3.18. The van der Waals surface area contributed by atoms with Crippen molar-refractivity contribution in [2.24, 2.45) is 0 Å². The van der Waals surface area contributed by atoms with E-state index in [4.69, 9.17) is 0 Å². The van der Waals surface area contributed by atoms with E-state index in [1.165, 1.54) is 0 Å². The molecule has 0 rings (SSSR count). The van der Waals surface area contributed by atoms with Crippen LogP contribution in [0.1, 0.15) is 13.3 Å². The minimum atomic E-state index is -0.549. The van der Waals surface area contributed by atoms with Crippen molar-refractivity contribution in [3.8, 4) is 11.5 Å². The topological polar surface area (TPSA) is 0 Å². The Balaban J connectivity index is 3.24. The molecule has 7 heavy (non-hydrogen) atoms. The second-order valence-electron chi connectivity index (χ2n) is 1.83. The van der Waals surface area contributed by atoms with Gasteiger partial charge >= 0.3 is 0 Å². The van der Waals surface area contributed by atoms with E-state index < -0.39 is 8.80 Å². The SMILES string of the molecule is CCC#C[SiH](C)C. The Morgan fingerprint density at radius 2 is 2.00 bits per heavy atom. The molecule has 0 aliphatic rings. The van der Waals surface area contributed by atoms with Crippen LogP contribution in [0.25, 0.3) is 0 Å². The fourth-order valence-corrected chi connectivity index (χ4v) is 0.919. The van der Waals surface area contributed by atoms with Gasteiger partial charge < -0.3 is 0 Å². The van der Waals surface area contributed by atoms with E-state index in [1.54, 1.807) is 0 Å². The molecule has 0 unspecified atom stereocenters. The zero-order chi connectivity index (χ0) is 5.70. The van der Waals surface area contributed by atoms with E-state index >= 15 is 0 Å². The molecule has 0 aliphatic carbocycles. The van der Waals surface area contributed by atoms with Gasteiger partial charge in [-0.3, -0.25) is 0 Å². The molecule has 40 valence electrons. The van der Waals surface area contributed by atoms with Gasteiger partial charge in [-0.1, -0.05) is 20.0 Å². The lowest BCUT2D eigenvalue weighted by atomic mass is 10.5. The molecule has 0 aromatic rings. The Kier molecular flexibility index (Phi) is 3.82. The van der Waals surface area contributed by atoms with Gasteiger partial charge in [0, 0.05) is 6.42 Å². The van der Waals surface area contributed by atoms with Gasteiger partial charge in [0.25, 0.3) is 0 Å². The Morgan fingerprint density at radius 3 is 2.14 bits per heavy atom. The third-order valence-electron chi connectivity index (χ3n) is 0.568. The van der Waals surface area contributed by atoms with Crippen LogP contribution in [0.15, 0.2) is 0 Å². The Morgan fingerprint density at radius 1 is 1.43 bits per heavy atom. The lowest BCUT2D eigenvalue weighted by Crippen LogP contribution is -1.92. The molecular weight excluding hydrogens is 100 g/mol. The number of hydrogen-bond acceptors (Lipinski definition) is 0. The van der Waals surface area contributed by atoms with Crippen LogP contribution in [0.3, 0.4) is 0 Å². The molecule has 0 saturated carbocycles. The zero-order valence-corrected chi connectivity index (χ0v) is 6.44. The van der Waals surface area contributed by atoms with E-state index in [1.807, 2.05) is 0 Å². The Labute approximate surface area is 47.5 Å². The third-order valence-corrected chi connectivity index (χ3v) is 1.35. The molecule has 0 nitrogen and oxygen atoms in total. The minimum Gasteiger partial charge on any atom is -0.136 e. The summed E-state index contributed by atoms with van der Waals surface area (Å²) in [5.41, 5.74) is 3.18. The first-order valence-electron chi connectivity index (χ1n) is 2.75. The van der Waals surface area contributed by atoms with Crippen LogP contribution in [-0.2, 0) is 0 Å². The average molecular weight is 112 g/mol. The molecule has 0 atom stereocenters. The average Bonchev–Trinajstić information content (AvgIpc) is 1.61. The molecule has 0 heterocycles. The summed E-state index contributed by atoms with van der Waals surface area (Å²) in [7, 11) is -0.549. The fraction of sp³-hybridized carbons (Fsp3) is 0.667. The van der Waals surface area contributed by atoms with Crippen LogP contribution < -0.4 is 0 Å². The fourth-order valence-electron chi connectivity index (χ4n) is 0.306. The molecule has 0 bridgehead atoms. The molecule has 1 heteroatoms. The van der Waals surface area contributed by atoms with E-state index in [2.05, 4.69) is 31.5 Å². The molecule has 0 saturated heterocycles. The van der Waals surface area contributed by atoms with Crippen LogP contribution in [0, 0.1) is 11.5 Å². The van der Waals surface area contributed by atoms with Gasteiger partial charge in [-0.15, -0.1) is 11.5 Å². The van der Waals surface area contributed by atoms with Crippen LogP contribution in [0.2, 0.25) is 13.1 Å². The number of rotatable bonds is 0. The highest BCUT2D eigenvalue weighted by molar-refractivity contribution is 6.64. The molecular formula is C6H12Si. The molecule has 0 N–H and O–H groups in total. The van der Waals surface area contributed by atoms with Crippen molar-refractivity contribution in [2.45, 2.75) is 26.4 Å². The first-order valence-corrected chi connectivity index (χ1v) is 5.64. The summed E-state index contributed by atoms with van der Waals surface area (Å²) in [6.45, 7) is 6.56. The standard InChI is InChI=1S/C6H12Si/c1-4-5-6-7(2)3/h7H,4H2,1-3H3. The summed E-state index contributed by atoms with van der Waals surface area (Å²) in [5, 5.41) is 0. The summed E-state index contributed by atoms with van der Waals surface area (Å²) in [5.74, 6) is 3.06. The summed E-state index contributed by atoms with van der Waals surface area (Å²) in [4.78, 5) is 0. The van der Waals surface area contributed by atoms with Gasteiger partial charge in [0.2, 0.25) is 0 Å². The van der Waals surface area contributed by atoms with E-state index in [0.29, 0.717) is 0 Å². The molecule has 0 aromatic carbocycles. The minimum absolute atomic E-state index is 0.549. The second-order valence-corrected chi connectivity index (χ2v) is 4.43. The van der Waals surface area contributed by atoms with Crippen molar-refractivity contribution >= 4 is 8.80 Å². The van der Waals surface area contributed by atoms with Gasteiger partial charge in [0.15, 0.2) is 0 Å². The second kappa shape index (κ2) is 3.95. The van der Waals surface area contributed by atoms with Gasteiger partial charge in [-0.25, -0.2) is 0 Å². The van der Waals surface area contributed by atoms with Crippen molar-refractivity contribution in [3.63, 3.8) is 0 Å². The molecule has 0 fully saturated rings. The smallest absolute Gasteiger partial charge is 0.116 e. The van der Waals surface area contributed by atoms with Crippen molar-refractivity contribution in [1.29, 1.82) is 0 Å². The largest absolute Gasteiger partial charge is 0.136 e. The first-order chi connectivity index (χ1) is 3.27. The van der Waals surface area contributed by atoms with Crippen LogP contribution in [0.4, 0.5) is 0 Å². The summed E-state index contributed by atoms with van der Waals surface area (Å²) < 4.78 is 0. The van der Waals surface area contributed by atoms with Crippen molar-refractivity contribution in [1.82, 2.24) is 0 Å². The summed E-state index contributed by atoms with van der Waals surface area (Å²) in [6.07, 6.45) is 1.02. The third kappa shape index (κ3) is 5.78. The predicted octanol–water partition coefficient (Wildman–Crippen LogP) is 1.43. The quantitative estimate of drug-likeness (QED) is 0.328. The molecule has 0 radical (unpaired) electrons. The monoisotopic (exact) mass is 112 g/mol. The van der Waals surface area contributed by atoms with Crippen molar-refractivity contribution < 1.29 is 0 Å². The van der Waals surface area contributed by atoms with Gasteiger partial charge in [-0.05, 0) is 0 Å². The van der Waals surface area contributed by atoms with Crippen LogP contribution in [-0.4, -0.2) is 8.80 Å². The van der Waals surface area contributed by atoms with Crippen molar-refractivity contribution in [3.05, 3.63) is 0 Å². The predicted molar refractivity (Wildman–Crippen MR) is 36.9 cm³/mol. The van der Waals surface area contributed by atoms with Gasteiger partial charge in [-0.2, -0.15) is 0 Å². The van der Waals surface area contributed by atoms with E-state index in [9.17, 15) is 0 Å². The van der Waals surface area contributed by atoms with Crippen LogP contribution in [0.5, 0.6) is 0 Å².